The molecule has 2 amide bonds. The van der Waals surface area contributed by atoms with Gasteiger partial charge in [0, 0.05) is 25.6 Å². The van der Waals surface area contributed by atoms with Gasteiger partial charge in [0.25, 0.3) is 0 Å². The zero-order valence-electron chi connectivity index (χ0n) is 14.2. The first kappa shape index (κ1) is 17.0. The molecule has 0 saturated carbocycles. The smallest absolute Gasteiger partial charge is 0.320 e. The van der Waals surface area contributed by atoms with E-state index in [1.165, 1.54) is 0 Å². The van der Waals surface area contributed by atoms with Crippen LogP contribution in [0.2, 0.25) is 0 Å². The largest absolute Gasteiger partial charge is 0.337 e. The third kappa shape index (κ3) is 4.30. The Morgan fingerprint density at radius 2 is 2.17 bits per heavy atom. The molecule has 0 aliphatic rings. The van der Waals surface area contributed by atoms with E-state index in [4.69, 9.17) is 0 Å². The molecule has 126 valence electrons. The molecule has 2 N–H and O–H groups in total. The zero-order valence-corrected chi connectivity index (χ0v) is 14.2. The lowest BCUT2D eigenvalue weighted by molar-refractivity contribution is 0.252. The van der Waals surface area contributed by atoms with Crippen LogP contribution in [0, 0.1) is 6.92 Å². The summed E-state index contributed by atoms with van der Waals surface area (Å²) in [7, 11) is 0. The van der Waals surface area contributed by atoms with E-state index in [2.05, 4.69) is 39.8 Å². The van der Waals surface area contributed by atoms with Gasteiger partial charge in [-0.05, 0) is 27.2 Å². The molecule has 1 atom stereocenters. The Labute approximate surface area is 136 Å². The average Bonchev–Trinajstić information content (AvgIpc) is 3.12. The third-order valence-electron chi connectivity index (χ3n) is 3.78. The summed E-state index contributed by atoms with van der Waals surface area (Å²) in [5.41, 5.74) is 0.886. The Morgan fingerprint density at radius 1 is 1.39 bits per heavy atom. The number of hydrogen-bond acceptors (Lipinski definition) is 4. The third-order valence-corrected chi connectivity index (χ3v) is 3.78. The van der Waals surface area contributed by atoms with Crippen molar-refractivity contribution < 1.29 is 4.79 Å². The van der Waals surface area contributed by atoms with E-state index in [0.29, 0.717) is 18.8 Å². The van der Waals surface area contributed by atoms with Crippen molar-refractivity contribution in [1.82, 2.24) is 29.9 Å². The number of anilines is 1. The van der Waals surface area contributed by atoms with Crippen molar-refractivity contribution in [3.8, 4) is 0 Å². The van der Waals surface area contributed by atoms with Crippen LogP contribution in [0.1, 0.15) is 44.8 Å². The van der Waals surface area contributed by atoms with Crippen LogP contribution < -0.4 is 10.6 Å². The van der Waals surface area contributed by atoms with Crippen LogP contribution in [0.4, 0.5) is 10.6 Å². The summed E-state index contributed by atoms with van der Waals surface area (Å²) >= 11 is 0. The number of hydrogen-bond donors (Lipinski definition) is 2. The van der Waals surface area contributed by atoms with E-state index in [0.717, 1.165) is 24.5 Å². The maximum atomic E-state index is 12.1. The van der Waals surface area contributed by atoms with Crippen LogP contribution in [0.5, 0.6) is 0 Å². The van der Waals surface area contributed by atoms with Crippen LogP contribution in [0.3, 0.4) is 0 Å². The van der Waals surface area contributed by atoms with E-state index in [9.17, 15) is 4.79 Å². The molecular weight excluding hydrogens is 294 g/mol. The second-order valence-electron chi connectivity index (χ2n) is 5.54. The number of aryl methyl sites for hydroxylation is 2. The summed E-state index contributed by atoms with van der Waals surface area (Å²) in [4.78, 5) is 12.1. The van der Waals surface area contributed by atoms with E-state index < -0.39 is 0 Å². The van der Waals surface area contributed by atoms with Crippen molar-refractivity contribution >= 4 is 11.8 Å². The van der Waals surface area contributed by atoms with Gasteiger partial charge >= 0.3 is 6.03 Å². The maximum Gasteiger partial charge on any atom is 0.320 e. The monoisotopic (exact) mass is 319 g/mol. The lowest BCUT2D eigenvalue weighted by Gasteiger charge is -2.14. The van der Waals surface area contributed by atoms with E-state index >= 15 is 0 Å². The fourth-order valence-electron chi connectivity index (χ4n) is 2.30. The van der Waals surface area contributed by atoms with Gasteiger partial charge < -0.3 is 9.88 Å². The Hall–Kier alpha value is -2.38. The van der Waals surface area contributed by atoms with Crippen molar-refractivity contribution in [3.05, 3.63) is 23.9 Å². The molecule has 0 saturated heterocycles. The zero-order chi connectivity index (χ0) is 16.8. The molecule has 23 heavy (non-hydrogen) atoms. The van der Waals surface area contributed by atoms with Crippen molar-refractivity contribution in [2.75, 3.05) is 11.9 Å². The van der Waals surface area contributed by atoms with E-state index in [1.807, 2.05) is 29.2 Å². The molecule has 0 radical (unpaired) electrons. The number of carbonyl (C=O) groups excluding carboxylic acids is 1. The number of carbonyl (C=O) groups is 1. The predicted molar refractivity (Wildman–Crippen MR) is 88.4 cm³/mol. The molecule has 2 heterocycles. The highest BCUT2D eigenvalue weighted by Crippen LogP contribution is 2.18. The Bertz CT molecular complexity index is 646. The molecule has 8 heteroatoms. The standard InChI is InChI=1S/C15H25N7O/c1-5-12(4)22-14(9-11(3)20-22)18-15(23)16-8-7-13-19-17-10-21(13)6-2/h9-10,12H,5-8H2,1-4H3,(H2,16,18,23)/t12-/m1/s1. The second-order valence-corrected chi connectivity index (χ2v) is 5.54. The van der Waals surface area contributed by atoms with Crippen LogP contribution >= 0.6 is 0 Å². The summed E-state index contributed by atoms with van der Waals surface area (Å²) < 4.78 is 3.81. The van der Waals surface area contributed by atoms with Gasteiger partial charge in [-0.15, -0.1) is 10.2 Å². The van der Waals surface area contributed by atoms with Crippen LogP contribution in [0.25, 0.3) is 0 Å². The van der Waals surface area contributed by atoms with Gasteiger partial charge in [-0.1, -0.05) is 6.92 Å². The fourth-order valence-corrected chi connectivity index (χ4v) is 2.30. The number of nitrogens with one attached hydrogen (secondary N) is 2. The number of urea groups is 1. The van der Waals surface area contributed by atoms with Crippen molar-refractivity contribution in [3.63, 3.8) is 0 Å². The van der Waals surface area contributed by atoms with Gasteiger partial charge in [-0.25, -0.2) is 9.48 Å². The molecular formula is C15H25N7O. The number of aromatic nitrogens is 5. The van der Waals surface area contributed by atoms with Gasteiger partial charge in [0.2, 0.25) is 0 Å². The number of rotatable bonds is 7. The molecule has 0 spiro atoms. The average molecular weight is 319 g/mol. The minimum Gasteiger partial charge on any atom is -0.337 e. The lowest BCUT2D eigenvalue weighted by atomic mass is 10.3. The van der Waals surface area contributed by atoms with Gasteiger partial charge in [0.1, 0.15) is 18.0 Å². The first-order chi connectivity index (χ1) is 11.0. The number of nitrogens with zero attached hydrogens (tertiary/aromatic N) is 5. The lowest BCUT2D eigenvalue weighted by Crippen LogP contribution is -2.32. The van der Waals surface area contributed by atoms with Crippen molar-refractivity contribution in [1.29, 1.82) is 0 Å². The summed E-state index contributed by atoms with van der Waals surface area (Å²) in [5, 5.41) is 18.1. The maximum absolute atomic E-state index is 12.1. The normalized spacial score (nSPS) is 12.2. The van der Waals surface area contributed by atoms with Crippen LogP contribution in [-0.4, -0.2) is 37.1 Å². The summed E-state index contributed by atoms with van der Waals surface area (Å²) in [6.07, 6.45) is 3.29. The SMILES string of the molecule is CC[C@@H](C)n1nc(C)cc1NC(=O)NCCc1nncn1CC. The quantitative estimate of drug-likeness (QED) is 0.818. The minimum absolute atomic E-state index is 0.238. The Balaban J connectivity index is 1.88. The van der Waals surface area contributed by atoms with Crippen LogP contribution in [-0.2, 0) is 13.0 Å². The summed E-state index contributed by atoms with van der Waals surface area (Å²) in [6.45, 7) is 9.44. The molecule has 2 aromatic heterocycles. The van der Waals surface area contributed by atoms with E-state index in [1.54, 1.807) is 6.33 Å². The first-order valence-electron chi connectivity index (χ1n) is 8.02. The highest BCUT2D eigenvalue weighted by molar-refractivity contribution is 5.88. The molecule has 0 fully saturated rings. The molecule has 0 unspecified atom stereocenters. The molecule has 0 aliphatic heterocycles. The first-order valence-corrected chi connectivity index (χ1v) is 8.02. The van der Waals surface area contributed by atoms with E-state index in [-0.39, 0.29) is 12.1 Å². The predicted octanol–water partition coefficient (Wildman–Crippen LogP) is 2.14. The van der Waals surface area contributed by atoms with Gasteiger partial charge in [-0.3, -0.25) is 5.32 Å². The summed E-state index contributed by atoms with van der Waals surface area (Å²) in [6, 6.07) is 1.87. The number of amides is 2. The molecule has 2 rings (SSSR count). The highest BCUT2D eigenvalue weighted by atomic mass is 16.2. The fraction of sp³-hybridized carbons (Fsp3) is 0.600. The van der Waals surface area contributed by atoms with Crippen molar-refractivity contribution in [2.45, 2.75) is 53.1 Å². The van der Waals surface area contributed by atoms with Crippen LogP contribution in [0.15, 0.2) is 12.4 Å². The molecule has 2 aromatic rings. The molecule has 0 bridgehead atoms. The van der Waals surface area contributed by atoms with Gasteiger partial charge in [0.15, 0.2) is 0 Å². The van der Waals surface area contributed by atoms with Gasteiger partial charge in [-0.2, -0.15) is 5.10 Å². The minimum atomic E-state index is -0.239. The topological polar surface area (TPSA) is 89.7 Å². The van der Waals surface area contributed by atoms with Gasteiger partial charge in [0.05, 0.1) is 11.7 Å². The van der Waals surface area contributed by atoms with Crippen molar-refractivity contribution in [2.24, 2.45) is 0 Å². The Kier molecular flexibility index (Phi) is 5.72. The molecule has 0 aliphatic carbocycles. The molecule has 8 nitrogen and oxygen atoms in total. The highest BCUT2D eigenvalue weighted by Gasteiger charge is 2.13. The Morgan fingerprint density at radius 3 is 2.87 bits per heavy atom. The second kappa shape index (κ2) is 7.75. The summed E-state index contributed by atoms with van der Waals surface area (Å²) in [5.74, 6) is 1.58. The molecule has 0 aromatic carbocycles.